The first kappa shape index (κ1) is 17.5. The Morgan fingerprint density at radius 2 is 0.958 bits per heavy atom. The minimum Gasteiger partial charge on any atom is -0.488 e. The second-order valence-corrected chi connectivity index (χ2v) is 7.59. The molecule has 0 atom stereocenters. The molecule has 0 saturated heterocycles. The first-order valence-electron chi connectivity index (χ1n) is 7.55. The van der Waals surface area contributed by atoms with Gasteiger partial charge >= 0.3 is 0 Å². The van der Waals surface area contributed by atoms with Gasteiger partial charge in [0.1, 0.15) is 24.7 Å². The molecule has 0 aliphatic carbocycles. The molecule has 24 heavy (non-hydrogen) atoms. The van der Waals surface area contributed by atoms with E-state index < -0.39 is 0 Å². The molecule has 122 valence electrons. The SMILES string of the molecule is Ic1cc(OCc2ccccc2)c(I)cc1OCc1ccccc1. The molecule has 0 unspecified atom stereocenters. The van der Waals surface area contributed by atoms with Crippen LogP contribution in [-0.2, 0) is 13.2 Å². The number of benzene rings is 3. The molecular weight excluding hydrogens is 526 g/mol. The normalized spacial score (nSPS) is 10.4. The summed E-state index contributed by atoms with van der Waals surface area (Å²) in [5, 5.41) is 0. The molecule has 0 heterocycles. The van der Waals surface area contributed by atoms with Crippen molar-refractivity contribution in [3.05, 3.63) is 91.1 Å². The number of rotatable bonds is 6. The van der Waals surface area contributed by atoms with Crippen LogP contribution >= 0.6 is 45.2 Å². The summed E-state index contributed by atoms with van der Waals surface area (Å²) in [6.07, 6.45) is 0. The van der Waals surface area contributed by atoms with Gasteiger partial charge < -0.3 is 9.47 Å². The highest BCUT2D eigenvalue weighted by atomic mass is 127. The maximum atomic E-state index is 5.95. The van der Waals surface area contributed by atoms with E-state index in [9.17, 15) is 0 Å². The summed E-state index contributed by atoms with van der Waals surface area (Å²) in [5.41, 5.74) is 2.32. The van der Waals surface area contributed by atoms with Crippen molar-refractivity contribution in [2.45, 2.75) is 13.2 Å². The number of hydrogen-bond acceptors (Lipinski definition) is 2. The summed E-state index contributed by atoms with van der Waals surface area (Å²) in [7, 11) is 0. The van der Waals surface area contributed by atoms with E-state index in [2.05, 4.69) is 69.4 Å². The molecule has 0 N–H and O–H groups in total. The van der Waals surface area contributed by atoms with E-state index in [1.165, 1.54) is 0 Å². The van der Waals surface area contributed by atoms with E-state index in [4.69, 9.17) is 9.47 Å². The van der Waals surface area contributed by atoms with Crippen molar-refractivity contribution in [2.24, 2.45) is 0 Å². The lowest BCUT2D eigenvalue weighted by atomic mass is 10.2. The summed E-state index contributed by atoms with van der Waals surface area (Å²) >= 11 is 4.58. The molecule has 0 amide bonds. The van der Waals surface area contributed by atoms with Gasteiger partial charge in [-0.15, -0.1) is 0 Å². The Morgan fingerprint density at radius 1 is 0.583 bits per heavy atom. The van der Waals surface area contributed by atoms with Gasteiger partial charge in [0.05, 0.1) is 7.14 Å². The van der Waals surface area contributed by atoms with Gasteiger partial charge in [0.2, 0.25) is 0 Å². The van der Waals surface area contributed by atoms with Crippen molar-refractivity contribution in [1.82, 2.24) is 0 Å². The molecule has 0 bridgehead atoms. The van der Waals surface area contributed by atoms with E-state index in [1.54, 1.807) is 0 Å². The minimum absolute atomic E-state index is 0.567. The molecule has 3 aromatic carbocycles. The minimum atomic E-state index is 0.567. The molecule has 0 spiro atoms. The lowest BCUT2D eigenvalue weighted by Crippen LogP contribution is -2.00. The maximum Gasteiger partial charge on any atom is 0.134 e. The van der Waals surface area contributed by atoms with Crippen molar-refractivity contribution in [1.29, 1.82) is 0 Å². The van der Waals surface area contributed by atoms with Crippen molar-refractivity contribution < 1.29 is 9.47 Å². The van der Waals surface area contributed by atoms with Gasteiger partial charge in [-0.05, 0) is 68.4 Å². The van der Waals surface area contributed by atoms with E-state index in [1.807, 2.05) is 48.5 Å². The van der Waals surface area contributed by atoms with E-state index in [0.29, 0.717) is 13.2 Å². The fourth-order valence-electron chi connectivity index (χ4n) is 2.20. The Kier molecular flexibility index (Phi) is 6.37. The van der Waals surface area contributed by atoms with E-state index in [-0.39, 0.29) is 0 Å². The quantitative estimate of drug-likeness (QED) is 0.353. The Balaban J connectivity index is 1.67. The summed E-state index contributed by atoms with van der Waals surface area (Å²) in [4.78, 5) is 0. The van der Waals surface area contributed by atoms with Gasteiger partial charge in [0.25, 0.3) is 0 Å². The van der Waals surface area contributed by atoms with Crippen LogP contribution in [0.4, 0.5) is 0 Å². The van der Waals surface area contributed by atoms with Crippen molar-refractivity contribution in [3.8, 4) is 11.5 Å². The van der Waals surface area contributed by atoms with Crippen LogP contribution in [0, 0.1) is 7.14 Å². The number of halogens is 2. The molecule has 0 saturated carbocycles. The summed E-state index contributed by atoms with van der Waals surface area (Å²) < 4.78 is 14.0. The molecule has 0 aliphatic heterocycles. The van der Waals surface area contributed by atoms with E-state index in [0.717, 1.165) is 29.8 Å². The number of hydrogen-bond donors (Lipinski definition) is 0. The Morgan fingerprint density at radius 3 is 1.33 bits per heavy atom. The van der Waals surface area contributed by atoms with Crippen LogP contribution < -0.4 is 9.47 Å². The second kappa shape index (κ2) is 8.71. The zero-order valence-corrected chi connectivity index (χ0v) is 17.2. The average Bonchev–Trinajstić information content (AvgIpc) is 2.62. The van der Waals surface area contributed by atoms with Crippen molar-refractivity contribution in [2.75, 3.05) is 0 Å². The fourth-order valence-corrected chi connectivity index (χ4v) is 3.39. The average molecular weight is 542 g/mol. The summed E-state index contributed by atoms with van der Waals surface area (Å²) in [6.45, 7) is 1.13. The highest BCUT2D eigenvalue weighted by molar-refractivity contribution is 14.1. The van der Waals surface area contributed by atoms with Gasteiger partial charge in [-0.1, -0.05) is 60.7 Å². The predicted molar refractivity (Wildman–Crippen MR) is 113 cm³/mol. The van der Waals surface area contributed by atoms with Gasteiger partial charge in [-0.3, -0.25) is 0 Å². The summed E-state index contributed by atoms with van der Waals surface area (Å²) in [6, 6.07) is 24.4. The second-order valence-electron chi connectivity index (χ2n) is 5.26. The third-order valence-corrected chi connectivity index (χ3v) is 5.15. The molecule has 4 heteroatoms. The zero-order chi connectivity index (χ0) is 16.8. The molecule has 0 fully saturated rings. The molecule has 3 aromatic rings. The molecule has 0 aliphatic rings. The molecule has 3 rings (SSSR count). The third kappa shape index (κ3) is 4.86. The fraction of sp³-hybridized carbons (Fsp3) is 0.100. The van der Waals surface area contributed by atoms with Crippen LogP contribution in [0.2, 0.25) is 0 Å². The van der Waals surface area contributed by atoms with Crippen molar-refractivity contribution in [3.63, 3.8) is 0 Å². The van der Waals surface area contributed by atoms with Crippen LogP contribution in [0.3, 0.4) is 0 Å². The Hall–Kier alpha value is -1.28. The molecular formula is C20H16I2O2. The molecule has 2 nitrogen and oxygen atoms in total. The summed E-state index contributed by atoms with van der Waals surface area (Å²) in [5.74, 6) is 1.77. The van der Waals surface area contributed by atoms with Crippen LogP contribution in [0.1, 0.15) is 11.1 Å². The van der Waals surface area contributed by atoms with Gasteiger partial charge in [0.15, 0.2) is 0 Å². The highest BCUT2D eigenvalue weighted by Crippen LogP contribution is 2.32. The highest BCUT2D eigenvalue weighted by Gasteiger charge is 2.09. The van der Waals surface area contributed by atoms with Crippen LogP contribution in [0.25, 0.3) is 0 Å². The van der Waals surface area contributed by atoms with E-state index >= 15 is 0 Å². The van der Waals surface area contributed by atoms with Gasteiger partial charge in [0, 0.05) is 0 Å². The first-order valence-corrected chi connectivity index (χ1v) is 9.70. The number of ether oxygens (including phenoxy) is 2. The van der Waals surface area contributed by atoms with Crippen LogP contribution in [-0.4, -0.2) is 0 Å². The zero-order valence-electron chi connectivity index (χ0n) is 12.9. The lowest BCUT2D eigenvalue weighted by molar-refractivity contribution is 0.293. The first-order chi connectivity index (χ1) is 11.7. The topological polar surface area (TPSA) is 18.5 Å². The van der Waals surface area contributed by atoms with Crippen LogP contribution in [0.15, 0.2) is 72.8 Å². The lowest BCUT2D eigenvalue weighted by Gasteiger charge is -2.13. The largest absolute Gasteiger partial charge is 0.488 e. The Labute approximate surface area is 169 Å². The monoisotopic (exact) mass is 542 g/mol. The predicted octanol–water partition coefficient (Wildman–Crippen LogP) is 6.05. The molecule has 0 radical (unpaired) electrons. The maximum absolute atomic E-state index is 5.95. The van der Waals surface area contributed by atoms with Gasteiger partial charge in [-0.2, -0.15) is 0 Å². The third-order valence-electron chi connectivity index (χ3n) is 3.46. The smallest absolute Gasteiger partial charge is 0.134 e. The van der Waals surface area contributed by atoms with Crippen LogP contribution in [0.5, 0.6) is 11.5 Å². The standard InChI is InChI=1S/C20H16I2O2/c21-17-12-20(24-14-16-9-5-2-6-10-16)18(22)11-19(17)23-13-15-7-3-1-4-8-15/h1-12H,13-14H2. The van der Waals surface area contributed by atoms with Crippen molar-refractivity contribution >= 4 is 45.2 Å². The van der Waals surface area contributed by atoms with Gasteiger partial charge in [-0.25, -0.2) is 0 Å². The Bertz CT molecular complexity index is 720. The molecule has 0 aromatic heterocycles.